The topological polar surface area (TPSA) is 76.2 Å². The number of cyclic esters (lactones) is 1. The summed E-state index contributed by atoms with van der Waals surface area (Å²) in [6.45, 7) is 6.04. The van der Waals surface area contributed by atoms with Crippen molar-refractivity contribution in [3.8, 4) is 0 Å². The van der Waals surface area contributed by atoms with E-state index in [9.17, 15) is 14.4 Å². The molecule has 0 unspecified atom stereocenters. The molecular weight excluding hydrogens is 312 g/mol. The molecule has 3 rings (SSSR count). The first-order chi connectivity index (χ1) is 11.2. The summed E-state index contributed by atoms with van der Waals surface area (Å²) in [4.78, 5) is 39.0. The highest BCUT2D eigenvalue weighted by Crippen LogP contribution is 2.37. The lowest BCUT2D eigenvalue weighted by molar-refractivity contribution is -0.148. The van der Waals surface area contributed by atoms with Crippen LogP contribution in [0.5, 0.6) is 0 Å². The average Bonchev–Trinajstić information content (AvgIpc) is 3.04. The second kappa shape index (κ2) is 5.51. The second-order valence-electron chi connectivity index (χ2n) is 6.90. The van der Waals surface area contributed by atoms with Gasteiger partial charge in [-0.2, -0.15) is 0 Å². The number of rotatable bonds is 2. The first-order valence-corrected chi connectivity index (χ1v) is 7.74. The molecule has 1 saturated heterocycles. The summed E-state index contributed by atoms with van der Waals surface area (Å²) in [5.41, 5.74) is 2.01. The Morgan fingerprint density at radius 1 is 1.29 bits per heavy atom. The van der Waals surface area contributed by atoms with E-state index in [0.717, 1.165) is 11.3 Å². The standard InChI is InChI=1S/C17H20N2O5/c1-17(2,3)19-12-6-5-11(7-10(12)8-14(19)20)18-9-13(15(21)23-4)24-16(18)22/h5-7,13H,8-9H2,1-4H3/t13-/m1/s1. The van der Waals surface area contributed by atoms with Crippen molar-refractivity contribution in [2.75, 3.05) is 23.5 Å². The highest BCUT2D eigenvalue weighted by atomic mass is 16.6. The molecule has 2 aliphatic rings. The molecule has 0 saturated carbocycles. The molecule has 24 heavy (non-hydrogen) atoms. The van der Waals surface area contributed by atoms with Crippen LogP contribution >= 0.6 is 0 Å². The zero-order chi connectivity index (χ0) is 17.6. The fourth-order valence-electron chi connectivity index (χ4n) is 3.14. The lowest BCUT2D eigenvalue weighted by atomic mass is 10.1. The molecule has 0 radical (unpaired) electrons. The molecule has 0 aliphatic carbocycles. The predicted octanol–water partition coefficient (Wildman–Crippen LogP) is 1.87. The Bertz CT molecular complexity index is 722. The van der Waals surface area contributed by atoms with Crippen molar-refractivity contribution in [2.45, 2.75) is 38.8 Å². The molecule has 128 valence electrons. The second-order valence-corrected chi connectivity index (χ2v) is 6.90. The molecule has 0 aromatic heterocycles. The maximum atomic E-state index is 12.3. The van der Waals surface area contributed by atoms with Gasteiger partial charge in [-0.3, -0.25) is 9.69 Å². The number of carbonyl (C=O) groups excluding carboxylic acids is 3. The van der Waals surface area contributed by atoms with Crippen molar-refractivity contribution in [2.24, 2.45) is 0 Å². The quantitative estimate of drug-likeness (QED) is 0.773. The minimum Gasteiger partial charge on any atom is -0.466 e. The zero-order valence-corrected chi connectivity index (χ0v) is 14.2. The van der Waals surface area contributed by atoms with Crippen LogP contribution in [-0.4, -0.2) is 43.3 Å². The van der Waals surface area contributed by atoms with E-state index < -0.39 is 18.2 Å². The molecule has 2 heterocycles. The van der Waals surface area contributed by atoms with E-state index in [0.29, 0.717) is 12.1 Å². The van der Waals surface area contributed by atoms with Gasteiger partial charge in [-0.05, 0) is 44.5 Å². The third-order valence-electron chi connectivity index (χ3n) is 4.15. The van der Waals surface area contributed by atoms with Crippen molar-refractivity contribution in [3.05, 3.63) is 23.8 Å². The van der Waals surface area contributed by atoms with E-state index in [1.165, 1.54) is 12.0 Å². The third-order valence-corrected chi connectivity index (χ3v) is 4.15. The van der Waals surface area contributed by atoms with Gasteiger partial charge in [0, 0.05) is 16.9 Å². The molecule has 2 aliphatic heterocycles. The molecule has 0 N–H and O–H groups in total. The lowest BCUT2D eigenvalue weighted by Crippen LogP contribution is -2.43. The number of ether oxygens (including phenoxy) is 2. The van der Waals surface area contributed by atoms with Crippen LogP contribution in [0.2, 0.25) is 0 Å². The Hall–Kier alpha value is -2.57. The van der Waals surface area contributed by atoms with E-state index in [2.05, 4.69) is 4.74 Å². The summed E-state index contributed by atoms with van der Waals surface area (Å²) in [5.74, 6) is -0.549. The van der Waals surface area contributed by atoms with Crippen molar-refractivity contribution in [1.82, 2.24) is 0 Å². The number of fused-ring (bicyclic) bond motifs is 1. The Balaban J connectivity index is 1.89. The number of hydrogen-bond acceptors (Lipinski definition) is 5. The third kappa shape index (κ3) is 2.60. The Labute approximate surface area is 140 Å². The Morgan fingerprint density at radius 3 is 2.62 bits per heavy atom. The number of nitrogens with zero attached hydrogens (tertiary/aromatic N) is 2. The average molecular weight is 332 g/mol. The summed E-state index contributed by atoms with van der Waals surface area (Å²) in [6, 6.07) is 5.40. The van der Waals surface area contributed by atoms with Crippen LogP contribution in [0.4, 0.5) is 16.2 Å². The van der Waals surface area contributed by atoms with E-state index in [4.69, 9.17) is 4.74 Å². The first-order valence-electron chi connectivity index (χ1n) is 7.74. The minimum atomic E-state index is -0.927. The summed E-state index contributed by atoms with van der Waals surface area (Å²) in [6.07, 6.45) is -1.23. The van der Waals surface area contributed by atoms with Gasteiger partial charge < -0.3 is 14.4 Å². The van der Waals surface area contributed by atoms with Crippen LogP contribution in [0.25, 0.3) is 0 Å². The molecule has 2 amide bonds. The van der Waals surface area contributed by atoms with Crippen LogP contribution in [0, 0.1) is 0 Å². The predicted molar refractivity (Wildman–Crippen MR) is 87.0 cm³/mol. The van der Waals surface area contributed by atoms with Gasteiger partial charge in [0.1, 0.15) is 0 Å². The number of esters is 1. The van der Waals surface area contributed by atoms with E-state index in [1.807, 2.05) is 26.8 Å². The van der Waals surface area contributed by atoms with Crippen molar-refractivity contribution < 1.29 is 23.9 Å². The monoisotopic (exact) mass is 332 g/mol. The fourth-order valence-corrected chi connectivity index (χ4v) is 3.14. The number of carbonyl (C=O) groups is 3. The summed E-state index contributed by atoms with van der Waals surface area (Å²) < 4.78 is 9.64. The Morgan fingerprint density at radius 2 is 2.00 bits per heavy atom. The van der Waals surface area contributed by atoms with Gasteiger partial charge in [-0.25, -0.2) is 9.59 Å². The molecule has 7 heteroatoms. The van der Waals surface area contributed by atoms with E-state index in [1.54, 1.807) is 17.0 Å². The lowest BCUT2D eigenvalue weighted by Gasteiger charge is -2.32. The fraction of sp³-hybridized carbons (Fsp3) is 0.471. The van der Waals surface area contributed by atoms with Gasteiger partial charge in [0.15, 0.2) is 0 Å². The van der Waals surface area contributed by atoms with Crippen LogP contribution in [0.3, 0.4) is 0 Å². The maximum Gasteiger partial charge on any atom is 0.415 e. The van der Waals surface area contributed by atoms with Crippen LogP contribution in [0.1, 0.15) is 26.3 Å². The van der Waals surface area contributed by atoms with Crippen molar-refractivity contribution >= 4 is 29.3 Å². The largest absolute Gasteiger partial charge is 0.466 e. The maximum absolute atomic E-state index is 12.3. The number of methoxy groups -OCH3 is 1. The van der Waals surface area contributed by atoms with Gasteiger partial charge in [0.25, 0.3) is 0 Å². The molecular formula is C17H20N2O5. The highest BCUT2D eigenvalue weighted by molar-refractivity contribution is 6.03. The van der Waals surface area contributed by atoms with Gasteiger partial charge in [0.2, 0.25) is 12.0 Å². The molecule has 0 spiro atoms. The summed E-state index contributed by atoms with van der Waals surface area (Å²) in [5, 5.41) is 0. The number of anilines is 2. The SMILES string of the molecule is COC(=O)[C@H]1CN(c2ccc3c(c2)CC(=O)N3C(C)(C)C)C(=O)O1. The normalized spacial score (nSPS) is 20.2. The van der Waals surface area contributed by atoms with E-state index in [-0.39, 0.29) is 18.0 Å². The van der Waals surface area contributed by atoms with Crippen molar-refractivity contribution in [1.29, 1.82) is 0 Å². The van der Waals surface area contributed by atoms with Crippen LogP contribution < -0.4 is 9.80 Å². The van der Waals surface area contributed by atoms with Crippen LogP contribution in [0.15, 0.2) is 18.2 Å². The molecule has 7 nitrogen and oxygen atoms in total. The minimum absolute atomic E-state index is 0.0334. The summed E-state index contributed by atoms with van der Waals surface area (Å²) in [7, 11) is 1.25. The first kappa shape index (κ1) is 16.3. The molecule has 1 atom stereocenters. The van der Waals surface area contributed by atoms with Gasteiger partial charge >= 0.3 is 12.1 Å². The van der Waals surface area contributed by atoms with Gasteiger partial charge in [0.05, 0.1) is 20.1 Å². The molecule has 1 fully saturated rings. The van der Waals surface area contributed by atoms with Gasteiger partial charge in [-0.1, -0.05) is 0 Å². The summed E-state index contributed by atoms with van der Waals surface area (Å²) >= 11 is 0. The zero-order valence-electron chi connectivity index (χ0n) is 14.2. The van der Waals surface area contributed by atoms with Gasteiger partial charge in [-0.15, -0.1) is 0 Å². The smallest absolute Gasteiger partial charge is 0.415 e. The molecule has 1 aromatic rings. The van der Waals surface area contributed by atoms with Crippen LogP contribution in [-0.2, 0) is 25.5 Å². The number of benzene rings is 1. The molecule has 1 aromatic carbocycles. The number of hydrogen-bond donors (Lipinski definition) is 0. The molecule has 0 bridgehead atoms. The number of amides is 2. The van der Waals surface area contributed by atoms with Crippen molar-refractivity contribution in [3.63, 3.8) is 0 Å². The Kier molecular flexibility index (Phi) is 3.74. The highest BCUT2D eigenvalue weighted by Gasteiger charge is 2.39. The van der Waals surface area contributed by atoms with E-state index >= 15 is 0 Å².